The standard InChI is InChI=1S/C14H14N4OS2/c1-7-6-17-13(20-7)8(2)18-12(19)11-10(15)9-4-3-5-16-14(9)21-11/h3-6,8H,15H2,1-2H3,(H,18,19). The minimum Gasteiger partial charge on any atom is -0.397 e. The monoisotopic (exact) mass is 318 g/mol. The van der Waals surface area contributed by atoms with E-state index >= 15 is 0 Å². The first-order valence-electron chi connectivity index (χ1n) is 6.42. The number of nitrogen functional groups attached to an aromatic ring is 1. The molecule has 3 aromatic heterocycles. The maximum absolute atomic E-state index is 12.4. The lowest BCUT2D eigenvalue weighted by atomic mass is 10.2. The van der Waals surface area contributed by atoms with Gasteiger partial charge in [0.05, 0.1) is 11.7 Å². The highest BCUT2D eigenvalue weighted by atomic mass is 32.1. The van der Waals surface area contributed by atoms with Crippen LogP contribution in [0.4, 0.5) is 5.69 Å². The molecular weight excluding hydrogens is 304 g/mol. The van der Waals surface area contributed by atoms with Crippen LogP contribution in [0.25, 0.3) is 10.2 Å². The van der Waals surface area contributed by atoms with Gasteiger partial charge in [-0.1, -0.05) is 0 Å². The quantitative estimate of drug-likeness (QED) is 0.777. The van der Waals surface area contributed by atoms with E-state index < -0.39 is 0 Å². The molecule has 3 N–H and O–H groups in total. The summed E-state index contributed by atoms with van der Waals surface area (Å²) in [5, 5.41) is 4.65. The van der Waals surface area contributed by atoms with Crippen LogP contribution in [0, 0.1) is 6.92 Å². The number of carbonyl (C=O) groups is 1. The molecule has 3 rings (SSSR count). The highest BCUT2D eigenvalue weighted by molar-refractivity contribution is 7.21. The van der Waals surface area contributed by atoms with Gasteiger partial charge in [0.15, 0.2) is 0 Å². The zero-order valence-corrected chi connectivity index (χ0v) is 13.2. The summed E-state index contributed by atoms with van der Waals surface area (Å²) >= 11 is 2.89. The summed E-state index contributed by atoms with van der Waals surface area (Å²) in [7, 11) is 0. The maximum atomic E-state index is 12.4. The molecule has 1 unspecified atom stereocenters. The molecule has 108 valence electrons. The highest BCUT2D eigenvalue weighted by Gasteiger charge is 2.20. The topological polar surface area (TPSA) is 80.9 Å². The van der Waals surface area contributed by atoms with E-state index in [-0.39, 0.29) is 11.9 Å². The summed E-state index contributed by atoms with van der Waals surface area (Å²) in [5.41, 5.74) is 6.54. The summed E-state index contributed by atoms with van der Waals surface area (Å²) in [6.45, 7) is 3.91. The number of rotatable bonds is 3. The van der Waals surface area contributed by atoms with Gasteiger partial charge in [-0.2, -0.15) is 0 Å². The van der Waals surface area contributed by atoms with Gasteiger partial charge < -0.3 is 11.1 Å². The van der Waals surface area contributed by atoms with Crippen LogP contribution in [0.5, 0.6) is 0 Å². The van der Waals surface area contributed by atoms with Gasteiger partial charge in [0, 0.05) is 22.7 Å². The predicted octanol–water partition coefficient (Wildman–Crippen LogP) is 3.13. The predicted molar refractivity (Wildman–Crippen MR) is 86.8 cm³/mol. The minimum absolute atomic E-state index is 0.145. The van der Waals surface area contributed by atoms with E-state index in [0.717, 1.165) is 20.1 Å². The average molecular weight is 318 g/mol. The van der Waals surface area contributed by atoms with Crippen molar-refractivity contribution in [2.45, 2.75) is 19.9 Å². The lowest BCUT2D eigenvalue weighted by Crippen LogP contribution is -2.26. The number of nitrogens with zero attached hydrogens (tertiary/aromatic N) is 2. The van der Waals surface area contributed by atoms with Crippen LogP contribution in [-0.2, 0) is 0 Å². The van der Waals surface area contributed by atoms with E-state index in [1.54, 1.807) is 23.7 Å². The number of thiophene rings is 1. The van der Waals surface area contributed by atoms with E-state index in [1.807, 2.05) is 26.0 Å². The number of carbonyl (C=O) groups excluding carboxylic acids is 1. The van der Waals surface area contributed by atoms with Crippen molar-refractivity contribution < 1.29 is 4.79 Å². The molecule has 3 heterocycles. The largest absolute Gasteiger partial charge is 0.397 e. The molecule has 21 heavy (non-hydrogen) atoms. The number of nitrogens with one attached hydrogen (secondary N) is 1. The summed E-state index contributed by atoms with van der Waals surface area (Å²) < 4.78 is 0. The van der Waals surface area contributed by atoms with Crippen LogP contribution < -0.4 is 11.1 Å². The number of thiazole rings is 1. The number of aromatic nitrogens is 2. The smallest absolute Gasteiger partial charge is 0.264 e. The zero-order chi connectivity index (χ0) is 15.0. The number of nitrogens with two attached hydrogens (primary N) is 1. The van der Waals surface area contributed by atoms with E-state index in [2.05, 4.69) is 15.3 Å². The summed E-state index contributed by atoms with van der Waals surface area (Å²) in [4.78, 5) is 23.3. The van der Waals surface area contributed by atoms with Gasteiger partial charge in [-0.05, 0) is 26.0 Å². The Kier molecular flexibility index (Phi) is 3.60. The van der Waals surface area contributed by atoms with Crippen molar-refractivity contribution in [3.8, 4) is 0 Å². The first-order chi connectivity index (χ1) is 10.1. The SMILES string of the molecule is Cc1cnc(C(C)NC(=O)c2sc3ncccc3c2N)s1. The third kappa shape index (κ3) is 2.62. The van der Waals surface area contributed by atoms with Crippen LogP contribution in [-0.4, -0.2) is 15.9 Å². The molecule has 0 radical (unpaired) electrons. The molecule has 1 atom stereocenters. The number of fused-ring (bicyclic) bond motifs is 1. The Balaban J connectivity index is 1.85. The van der Waals surface area contributed by atoms with Crippen LogP contribution in [0.2, 0.25) is 0 Å². The Bertz CT molecular complexity index is 808. The van der Waals surface area contributed by atoms with Crippen molar-refractivity contribution in [3.63, 3.8) is 0 Å². The molecule has 1 amide bonds. The molecule has 0 saturated heterocycles. The van der Waals surface area contributed by atoms with Gasteiger partial charge >= 0.3 is 0 Å². The molecule has 7 heteroatoms. The highest BCUT2D eigenvalue weighted by Crippen LogP contribution is 2.32. The third-order valence-electron chi connectivity index (χ3n) is 3.07. The molecule has 0 aliphatic carbocycles. The number of hydrogen-bond acceptors (Lipinski definition) is 6. The fourth-order valence-corrected chi connectivity index (χ4v) is 3.76. The third-order valence-corrected chi connectivity index (χ3v) is 5.29. The van der Waals surface area contributed by atoms with Crippen molar-refractivity contribution >= 4 is 44.5 Å². The average Bonchev–Trinajstić information content (AvgIpc) is 3.04. The van der Waals surface area contributed by atoms with Gasteiger partial charge in [-0.25, -0.2) is 9.97 Å². The number of hydrogen-bond donors (Lipinski definition) is 2. The second kappa shape index (κ2) is 5.42. The molecule has 0 aliphatic rings. The van der Waals surface area contributed by atoms with Crippen molar-refractivity contribution in [3.05, 3.63) is 39.3 Å². The first kappa shape index (κ1) is 14.0. The molecule has 0 bridgehead atoms. The number of anilines is 1. The van der Waals surface area contributed by atoms with Gasteiger partial charge in [-0.3, -0.25) is 4.79 Å². The molecule has 0 saturated carbocycles. The molecule has 0 spiro atoms. The van der Waals surface area contributed by atoms with Crippen LogP contribution >= 0.6 is 22.7 Å². The number of pyridine rings is 1. The van der Waals surface area contributed by atoms with E-state index in [0.29, 0.717) is 10.6 Å². The lowest BCUT2D eigenvalue weighted by Gasteiger charge is -2.10. The molecular formula is C14H14N4OS2. The van der Waals surface area contributed by atoms with Crippen LogP contribution in [0.15, 0.2) is 24.5 Å². The minimum atomic E-state index is -0.184. The summed E-state index contributed by atoms with van der Waals surface area (Å²) in [6.07, 6.45) is 3.50. The van der Waals surface area contributed by atoms with E-state index in [1.165, 1.54) is 11.3 Å². The Labute approximate surface area is 129 Å². The Morgan fingerprint density at radius 2 is 2.19 bits per heavy atom. The Morgan fingerprint density at radius 3 is 2.86 bits per heavy atom. The van der Waals surface area contributed by atoms with Gasteiger partial charge in [0.2, 0.25) is 0 Å². The molecule has 3 aromatic rings. The van der Waals surface area contributed by atoms with Crippen LogP contribution in [0.1, 0.15) is 32.5 Å². The number of aryl methyl sites for hydroxylation is 1. The second-order valence-electron chi connectivity index (χ2n) is 4.71. The van der Waals surface area contributed by atoms with Gasteiger partial charge in [0.25, 0.3) is 5.91 Å². The number of amides is 1. The molecule has 0 aromatic carbocycles. The van der Waals surface area contributed by atoms with Crippen molar-refractivity contribution in [1.29, 1.82) is 0 Å². The molecule has 0 aliphatic heterocycles. The second-order valence-corrected chi connectivity index (χ2v) is 6.97. The van der Waals surface area contributed by atoms with Crippen molar-refractivity contribution in [2.75, 3.05) is 5.73 Å². The Morgan fingerprint density at radius 1 is 1.38 bits per heavy atom. The zero-order valence-electron chi connectivity index (χ0n) is 11.6. The molecule has 0 fully saturated rings. The van der Waals surface area contributed by atoms with Gasteiger partial charge in [0.1, 0.15) is 14.7 Å². The summed E-state index contributed by atoms with van der Waals surface area (Å²) in [6, 6.07) is 3.54. The van der Waals surface area contributed by atoms with E-state index in [9.17, 15) is 4.79 Å². The lowest BCUT2D eigenvalue weighted by molar-refractivity contribution is 0.0945. The maximum Gasteiger partial charge on any atom is 0.264 e. The fraction of sp³-hybridized carbons (Fsp3) is 0.214. The Hall–Kier alpha value is -1.99. The summed E-state index contributed by atoms with van der Waals surface area (Å²) in [5.74, 6) is -0.184. The van der Waals surface area contributed by atoms with Gasteiger partial charge in [-0.15, -0.1) is 22.7 Å². The van der Waals surface area contributed by atoms with Crippen molar-refractivity contribution in [1.82, 2.24) is 15.3 Å². The van der Waals surface area contributed by atoms with E-state index in [4.69, 9.17) is 5.73 Å². The normalized spacial score (nSPS) is 12.5. The van der Waals surface area contributed by atoms with Crippen LogP contribution in [0.3, 0.4) is 0 Å². The first-order valence-corrected chi connectivity index (χ1v) is 8.05. The van der Waals surface area contributed by atoms with Crippen molar-refractivity contribution in [2.24, 2.45) is 0 Å². The molecule has 5 nitrogen and oxygen atoms in total. The fourth-order valence-electron chi connectivity index (χ4n) is 2.02.